The summed E-state index contributed by atoms with van der Waals surface area (Å²) in [6.45, 7) is 8.71. The van der Waals surface area contributed by atoms with Gasteiger partial charge in [-0.1, -0.05) is 59.7 Å². The number of piperidine rings is 1. The molecule has 1 saturated heterocycles. The molecule has 5 heteroatoms. The monoisotopic (exact) mass is 448 g/mol. The molecule has 1 aliphatic rings. The lowest BCUT2D eigenvalue weighted by Gasteiger charge is -2.39. The Morgan fingerprint density at radius 2 is 1.41 bits per heavy atom. The van der Waals surface area contributed by atoms with Crippen LogP contribution in [0.1, 0.15) is 35.1 Å². The minimum Gasteiger partial charge on any atom is -0.299 e. The van der Waals surface area contributed by atoms with Gasteiger partial charge in [-0.15, -0.1) is 0 Å². The molecule has 1 aliphatic heterocycles. The number of hydrogen-bond acceptors (Lipinski definition) is 3. The van der Waals surface area contributed by atoms with Crippen LogP contribution in [0.25, 0.3) is 0 Å². The number of aryl methyl sites for hydroxylation is 3. The van der Waals surface area contributed by atoms with Crippen LogP contribution in [0, 0.1) is 20.8 Å². The number of rotatable bonds is 6. The number of sulfonamides is 1. The van der Waals surface area contributed by atoms with Crippen molar-refractivity contribution in [1.29, 1.82) is 0 Å². The van der Waals surface area contributed by atoms with Gasteiger partial charge in [0.25, 0.3) is 10.0 Å². The molecule has 0 amide bonds. The summed E-state index contributed by atoms with van der Waals surface area (Å²) in [7, 11) is -3.66. The van der Waals surface area contributed by atoms with Crippen LogP contribution in [-0.4, -0.2) is 32.4 Å². The van der Waals surface area contributed by atoms with E-state index in [0.717, 1.165) is 49.3 Å². The van der Waals surface area contributed by atoms with E-state index in [1.54, 1.807) is 16.4 Å². The van der Waals surface area contributed by atoms with Crippen molar-refractivity contribution in [3.8, 4) is 0 Å². The number of nitrogens with zero attached hydrogens (tertiary/aromatic N) is 2. The summed E-state index contributed by atoms with van der Waals surface area (Å²) in [6.07, 6.45) is 1.62. The first-order valence-corrected chi connectivity index (χ1v) is 12.7. The first-order valence-electron chi connectivity index (χ1n) is 11.3. The van der Waals surface area contributed by atoms with Crippen molar-refractivity contribution in [3.63, 3.8) is 0 Å². The van der Waals surface area contributed by atoms with Gasteiger partial charge < -0.3 is 0 Å². The van der Waals surface area contributed by atoms with E-state index in [9.17, 15) is 8.42 Å². The Hall–Kier alpha value is -2.63. The Kier molecular flexibility index (Phi) is 6.68. The molecule has 0 aliphatic carbocycles. The fraction of sp³-hybridized carbons (Fsp3) is 0.333. The third kappa shape index (κ3) is 5.05. The minimum atomic E-state index is -3.66. The lowest BCUT2D eigenvalue weighted by atomic mass is 10.0. The van der Waals surface area contributed by atoms with Crippen LogP contribution in [0.2, 0.25) is 0 Å². The molecule has 1 heterocycles. The van der Waals surface area contributed by atoms with Crippen LogP contribution in [0.15, 0.2) is 77.7 Å². The van der Waals surface area contributed by atoms with E-state index < -0.39 is 10.0 Å². The largest absolute Gasteiger partial charge is 0.299 e. The first-order chi connectivity index (χ1) is 15.3. The summed E-state index contributed by atoms with van der Waals surface area (Å²) in [6, 6.07) is 23.7. The van der Waals surface area contributed by atoms with Crippen LogP contribution >= 0.6 is 0 Å². The summed E-state index contributed by atoms with van der Waals surface area (Å²) in [5.74, 6) is 0. The predicted octanol–water partition coefficient (Wildman–Crippen LogP) is 5.47. The lowest BCUT2D eigenvalue weighted by Crippen LogP contribution is -2.47. The van der Waals surface area contributed by atoms with Gasteiger partial charge in [0.1, 0.15) is 0 Å². The Morgan fingerprint density at radius 1 is 0.812 bits per heavy atom. The van der Waals surface area contributed by atoms with E-state index in [-0.39, 0.29) is 6.04 Å². The fourth-order valence-electron chi connectivity index (χ4n) is 4.39. The quantitative estimate of drug-likeness (QED) is 0.502. The van der Waals surface area contributed by atoms with Gasteiger partial charge >= 0.3 is 0 Å². The maximum Gasteiger partial charge on any atom is 0.264 e. The summed E-state index contributed by atoms with van der Waals surface area (Å²) >= 11 is 0. The van der Waals surface area contributed by atoms with Gasteiger partial charge in [-0.25, -0.2) is 8.42 Å². The summed E-state index contributed by atoms with van der Waals surface area (Å²) in [4.78, 5) is 2.79. The Balaban J connectivity index is 1.57. The summed E-state index contributed by atoms with van der Waals surface area (Å²) in [5.41, 5.74) is 5.38. The van der Waals surface area contributed by atoms with Crippen molar-refractivity contribution in [2.24, 2.45) is 0 Å². The van der Waals surface area contributed by atoms with Crippen molar-refractivity contribution in [2.45, 2.75) is 51.1 Å². The molecule has 4 nitrogen and oxygen atoms in total. The zero-order chi connectivity index (χ0) is 22.7. The highest BCUT2D eigenvalue weighted by Crippen LogP contribution is 2.31. The second-order valence-electron chi connectivity index (χ2n) is 8.95. The van der Waals surface area contributed by atoms with Crippen molar-refractivity contribution in [2.75, 3.05) is 17.4 Å². The average molecular weight is 449 g/mol. The number of likely N-dealkylation sites (tertiary alicyclic amines) is 1. The lowest BCUT2D eigenvalue weighted by molar-refractivity contribution is 0.206. The molecule has 3 aromatic carbocycles. The van der Waals surface area contributed by atoms with E-state index in [2.05, 4.69) is 36.1 Å². The zero-order valence-corrected chi connectivity index (χ0v) is 20.0. The molecule has 0 atom stereocenters. The van der Waals surface area contributed by atoms with Crippen molar-refractivity contribution in [3.05, 3.63) is 95.1 Å². The van der Waals surface area contributed by atoms with Gasteiger partial charge in [-0.2, -0.15) is 0 Å². The number of benzene rings is 3. The summed E-state index contributed by atoms with van der Waals surface area (Å²) in [5, 5.41) is 0. The van der Waals surface area contributed by atoms with Gasteiger partial charge in [0, 0.05) is 25.7 Å². The normalized spacial score (nSPS) is 15.6. The third-order valence-electron chi connectivity index (χ3n) is 6.25. The molecule has 0 unspecified atom stereocenters. The molecular weight excluding hydrogens is 416 g/mol. The van der Waals surface area contributed by atoms with E-state index in [1.807, 2.05) is 50.2 Å². The Labute approximate surface area is 192 Å². The molecule has 4 rings (SSSR count). The number of anilines is 1. The molecule has 0 N–H and O–H groups in total. The molecule has 0 radical (unpaired) electrons. The SMILES string of the molecule is Cc1ccc(CN2CCC(N(c3ccc(C)cc3)S(=O)(=O)c3cccc(C)c3)CC2)cc1. The van der Waals surface area contributed by atoms with Gasteiger partial charge in [0.15, 0.2) is 0 Å². The van der Waals surface area contributed by atoms with Gasteiger partial charge in [0.2, 0.25) is 0 Å². The maximum absolute atomic E-state index is 13.8. The maximum atomic E-state index is 13.8. The topological polar surface area (TPSA) is 40.6 Å². The smallest absolute Gasteiger partial charge is 0.264 e. The molecule has 0 saturated carbocycles. The van der Waals surface area contributed by atoms with Crippen molar-refractivity contribution in [1.82, 2.24) is 4.90 Å². The zero-order valence-electron chi connectivity index (χ0n) is 19.2. The first kappa shape index (κ1) is 22.6. The molecule has 0 bridgehead atoms. The Bertz CT molecular complexity index is 1150. The van der Waals surface area contributed by atoms with Crippen LogP contribution in [0.3, 0.4) is 0 Å². The van der Waals surface area contributed by atoms with Gasteiger partial charge in [0.05, 0.1) is 10.6 Å². The molecule has 0 spiro atoms. The van der Waals surface area contributed by atoms with Gasteiger partial charge in [-0.05, 0) is 69.0 Å². The second-order valence-corrected chi connectivity index (χ2v) is 10.8. The highest BCUT2D eigenvalue weighted by atomic mass is 32.2. The molecule has 3 aromatic rings. The van der Waals surface area contributed by atoms with Crippen LogP contribution in [0.4, 0.5) is 5.69 Å². The second kappa shape index (κ2) is 9.47. The highest BCUT2D eigenvalue weighted by molar-refractivity contribution is 7.92. The molecule has 32 heavy (non-hydrogen) atoms. The van der Waals surface area contributed by atoms with E-state index >= 15 is 0 Å². The average Bonchev–Trinajstić information content (AvgIpc) is 2.78. The molecular formula is C27H32N2O2S. The molecule has 1 fully saturated rings. The van der Waals surface area contributed by atoms with Crippen LogP contribution in [0.5, 0.6) is 0 Å². The molecule has 168 valence electrons. The third-order valence-corrected chi connectivity index (χ3v) is 8.13. The number of hydrogen-bond donors (Lipinski definition) is 0. The molecule has 0 aromatic heterocycles. The fourth-order valence-corrected chi connectivity index (χ4v) is 6.21. The van der Waals surface area contributed by atoms with E-state index in [1.165, 1.54) is 11.1 Å². The Morgan fingerprint density at radius 3 is 2.00 bits per heavy atom. The van der Waals surface area contributed by atoms with E-state index in [4.69, 9.17) is 0 Å². The van der Waals surface area contributed by atoms with Crippen molar-refractivity contribution < 1.29 is 8.42 Å². The van der Waals surface area contributed by atoms with Crippen LogP contribution in [-0.2, 0) is 16.6 Å². The van der Waals surface area contributed by atoms with Crippen LogP contribution < -0.4 is 4.31 Å². The van der Waals surface area contributed by atoms with E-state index in [0.29, 0.717) is 4.90 Å². The predicted molar refractivity (Wildman–Crippen MR) is 132 cm³/mol. The standard InChI is InChI=1S/C27H32N2O2S/c1-21-7-11-24(12-8-21)20-28-17-15-26(16-18-28)29(25-13-9-22(2)10-14-25)32(30,31)27-6-4-5-23(3)19-27/h4-14,19,26H,15-18,20H2,1-3H3. The minimum absolute atomic E-state index is 0.0579. The van der Waals surface area contributed by atoms with Gasteiger partial charge in [-0.3, -0.25) is 9.21 Å². The summed E-state index contributed by atoms with van der Waals surface area (Å²) < 4.78 is 29.2. The van der Waals surface area contributed by atoms with Crippen molar-refractivity contribution >= 4 is 15.7 Å². The highest BCUT2D eigenvalue weighted by Gasteiger charge is 2.34.